The van der Waals surface area contributed by atoms with Gasteiger partial charge in [0.2, 0.25) is 0 Å². The Morgan fingerprint density at radius 1 is 1.18 bits per heavy atom. The molecular weight excluding hydrogens is 319 g/mol. The molecule has 22 heavy (non-hydrogen) atoms. The van der Waals surface area contributed by atoms with Gasteiger partial charge in [-0.1, -0.05) is 0 Å². The topological polar surface area (TPSA) is 37.8 Å². The van der Waals surface area contributed by atoms with Crippen LogP contribution in [0.1, 0.15) is 11.4 Å². The molecule has 1 aromatic carbocycles. The Balaban J connectivity index is 2.20. The van der Waals surface area contributed by atoms with Gasteiger partial charge in [-0.15, -0.1) is 11.3 Å². The van der Waals surface area contributed by atoms with Gasteiger partial charge in [0, 0.05) is 33.6 Å². The zero-order chi connectivity index (χ0) is 15.9. The third-order valence-electron chi connectivity index (χ3n) is 3.47. The maximum atomic E-state index is 13.1. The van der Waals surface area contributed by atoms with Gasteiger partial charge in [0.25, 0.3) is 5.56 Å². The van der Waals surface area contributed by atoms with Crippen LogP contribution in [0.5, 0.6) is 0 Å². The number of aromatic amines is 1. The molecule has 0 aliphatic heterocycles. The van der Waals surface area contributed by atoms with Gasteiger partial charge in [-0.05, 0) is 56.4 Å². The van der Waals surface area contributed by atoms with E-state index in [1.807, 2.05) is 24.5 Å². The summed E-state index contributed by atoms with van der Waals surface area (Å²) in [5.74, 6) is -0.265. The van der Waals surface area contributed by atoms with Crippen molar-refractivity contribution in [3.05, 3.63) is 67.9 Å². The number of benzene rings is 1. The Labute approximate surface area is 135 Å². The largest absolute Gasteiger partial charge is 0.318 e. The van der Waals surface area contributed by atoms with Crippen LogP contribution >= 0.6 is 23.6 Å². The third kappa shape index (κ3) is 2.67. The minimum atomic E-state index is -0.265. The van der Waals surface area contributed by atoms with E-state index >= 15 is 0 Å². The summed E-state index contributed by atoms with van der Waals surface area (Å²) >= 11 is 6.46. The van der Waals surface area contributed by atoms with Crippen LogP contribution in [-0.2, 0) is 0 Å². The first-order valence-corrected chi connectivity index (χ1v) is 7.88. The smallest absolute Gasteiger partial charge is 0.251 e. The molecule has 0 amide bonds. The van der Waals surface area contributed by atoms with Crippen LogP contribution in [-0.4, -0.2) is 9.55 Å². The standard InChI is InChI=1S/C16H13FN2OS2/c1-9-7-13(14-8-15(20)18-16(21)22-14)10(2)19(9)12-5-3-11(17)4-6-12/h3-8H,1-2H3,(H,18,20,21). The first kappa shape index (κ1) is 14.9. The van der Waals surface area contributed by atoms with E-state index in [1.165, 1.54) is 23.5 Å². The van der Waals surface area contributed by atoms with Gasteiger partial charge in [-0.3, -0.25) is 4.79 Å². The molecule has 0 aliphatic rings. The van der Waals surface area contributed by atoms with Gasteiger partial charge < -0.3 is 9.55 Å². The predicted octanol–water partition coefficient (Wildman–Crippen LogP) is 4.38. The lowest BCUT2D eigenvalue weighted by molar-refractivity contribution is 0.627. The van der Waals surface area contributed by atoms with Crippen LogP contribution < -0.4 is 5.56 Å². The minimum Gasteiger partial charge on any atom is -0.318 e. The molecule has 0 atom stereocenters. The zero-order valence-corrected chi connectivity index (χ0v) is 13.6. The number of hydrogen-bond acceptors (Lipinski definition) is 3. The Kier molecular flexibility index (Phi) is 3.80. The minimum absolute atomic E-state index is 0.203. The van der Waals surface area contributed by atoms with Crippen molar-refractivity contribution in [3.63, 3.8) is 0 Å². The fraction of sp³-hybridized carbons (Fsp3) is 0.125. The molecule has 6 heteroatoms. The Morgan fingerprint density at radius 3 is 2.50 bits per heavy atom. The van der Waals surface area contributed by atoms with Gasteiger partial charge in [-0.25, -0.2) is 4.39 Å². The zero-order valence-electron chi connectivity index (χ0n) is 12.0. The van der Waals surface area contributed by atoms with Crippen molar-refractivity contribution in [2.24, 2.45) is 0 Å². The Bertz CT molecular complexity index is 923. The summed E-state index contributed by atoms with van der Waals surface area (Å²) in [6, 6.07) is 9.91. The number of H-pyrrole nitrogens is 1. The molecule has 0 radical (unpaired) electrons. The molecule has 3 aromatic rings. The van der Waals surface area contributed by atoms with Gasteiger partial charge in [-0.2, -0.15) is 0 Å². The normalized spacial score (nSPS) is 10.9. The van der Waals surface area contributed by atoms with Crippen molar-refractivity contribution < 1.29 is 4.39 Å². The van der Waals surface area contributed by atoms with Crippen LogP contribution in [0.4, 0.5) is 4.39 Å². The predicted molar refractivity (Wildman–Crippen MR) is 90.0 cm³/mol. The van der Waals surface area contributed by atoms with E-state index in [4.69, 9.17) is 12.2 Å². The molecule has 2 aromatic heterocycles. The summed E-state index contributed by atoms with van der Waals surface area (Å²) in [5, 5.41) is 0. The van der Waals surface area contributed by atoms with E-state index in [0.717, 1.165) is 27.5 Å². The molecule has 0 aliphatic carbocycles. The molecule has 0 saturated heterocycles. The average molecular weight is 332 g/mol. The van der Waals surface area contributed by atoms with E-state index in [-0.39, 0.29) is 11.4 Å². The first-order chi connectivity index (χ1) is 10.5. The molecule has 3 rings (SSSR count). The van der Waals surface area contributed by atoms with Crippen molar-refractivity contribution in [1.82, 2.24) is 9.55 Å². The number of halogens is 1. The van der Waals surface area contributed by atoms with E-state index < -0.39 is 0 Å². The van der Waals surface area contributed by atoms with Gasteiger partial charge in [0.15, 0.2) is 3.95 Å². The summed E-state index contributed by atoms with van der Waals surface area (Å²) < 4.78 is 15.6. The van der Waals surface area contributed by atoms with Crippen molar-refractivity contribution in [2.45, 2.75) is 13.8 Å². The van der Waals surface area contributed by atoms with Crippen LogP contribution in [0.2, 0.25) is 0 Å². The first-order valence-electron chi connectivity index (χ1n) is 6.65. The van der Waals surface area contributed by atoms with E-state index in [9.17, 15) is 9.18 Å². The summed E-state index contributed by atoms with van der Waals surface area (Å²) in [7, 11) is 0. The van der Waals surface area contributed by atoms with Gasteiger partial charge in [0.1, 0.15) is 5.82 Å². The molecule has 112 valence electrons. The lowest BCUT2D eigenvalue weighted by Gasteiger charge is -2.10. The monoisotopic (exact) mass is 332 g/mol. The SMILES string of the molecule is Cc1cc(-c2cc(=O)[nH]c(=S)s2)c(C)n1-c1ccc(F)cc1. The molecule has 0 spiro atoms. The number of nitrogens with zero attached hydrogens (tertiary/aromatic N) is 1. The molecule has 0 bridgehead atoms. The second-order valence-corrected chi connectivity index (χ2v) is 6.70. The number of aryl methyl sites for hydroxylation is 1. The third-order valence-corrected chi connectivity index (χ3v) is 4.67. The highest BCUT2D eigenvalue weighted by Crippen LogP contribution is 2.31. The highest BCUT2D eigenvalue weighted by Gasteiger charge is 2.13. The summed E-state index contributed by atoms with van der Waals surface area (Å²) in [5.41, 5.74) is 3.64. The van der Waals surface area contributed by atoms with Crippen molar-refractivity contribution >= 4 is 23.6 Å². The number of nitrogens with one attached hydrogen (secondary N) is 1. The van der Waals surface area contributed by atoms with E-state index in [2.05, 4.69) is 4.98 Å². The fourth-order valence-corrected chi connectivity index (χ4v) is 3.75. The molecule has 0 saturated carbocycles. The van der Waals surface area contributed by atoms with Crippen molar-refractivity contribution in [3.8, 4) is 16.1 Å². The van der Waals surface area contributed by atoms with Gasteiger partial charge >= 0.3 is 0 Å². The molecule has 1 N–H and O–H groups in total. The van der Waals surface area contributed by atoms with Crippen LogP contribution in [0.15, 0.2) is 41.2 Å². The Morgan fingerprint density at radius 2 is 1.86 bits per heavy atom. The lowest BCUT2D eigenvalue weighted by atomic mass is 10.2. The maximum Gasteiger partial charge on any atom is 0.251 e. The second-order valence-electron chi connectivity index (χ2n) is 4.98. The highest BCUT2D eigenvalue weighted by atomic mass is 32.1. The molecule has 3 nitrogen and oxygen atoms in total. The van der Waals surface area contributed by atoms with Crippen molar-refractivity contribution in [2.75, 3.05) is 0 Å². The molecular formula is C16H13FN2OS2. The fourth-order valence-electron chi connectivity index (χ4n) is 2.54. The Hall–Kier alpha value is -2.05. The summed E-state index contributed by atoms with van der Waals surface area (Å²) in [6.45, 7) is 3.95. The van der Waals surface area contributed by atoms with Crippen LogP contribution in [0.3, 0.4) is 0 Å². The van der Waals surface area contributed by atoms with Crippen molar-refractivity contribution in [1.29, 1.82) is 0 Å². The number of aromatic nitrogens is 2. The van der Waals surface area contributed by atoms with Crippen LogP contribution in [0, 0.1) is 23.6 Å². The highest BCUT2D eigenvalue weighted by molar-refractivity contribution is 7.73. The lowest BCUT2D eigenvalue weighted by Crippen LogP contribution is -2.03. The quantitative estimate of drug-likeness (QED) is 0.707. The summed E-state index contributed by atoms with van der Waals surface area (Å²) in [6.07, 6.45) is 0. The molecule has 2 heterocycles. The molecule has 0 fully saturated rings. The average Bonchev–Trinajstić information content (AvgIpc) is 2.74. The molecule has 0 unspecified atom stereocenters. The van der Waals surface area contributed by atoms with Crippen LogP contribution in [0.25, 0.3) is 16.1 Å². The maximum absolute atomic E-state index is 13.1. The second kappa shape index (κ2) is 5.62. The number of hydrogen-bond donors (Lipinski definition) is 1. The van der Waals surface area contributed by atoms with E-state index in [0.29, 0.717) is 3.95 Å². The van der Waals surface area contributed by atoms with Gasteiger partial charge in [0.05, 0.1) is 0 Å². The van der Waals surface area contributed by atoms with E-state index in [1.54, 1.807) is 18.2 Å². The summed E-state index contributed by atoms with van der Waals surface area (Å²) in [4.78, 5) is 15.0. The number of rotatable bonds is 2.